The topological polar surface area (TPSA) is 52.3 Å². The van der Waals surface area contributed by atoms with Crippen LogP contribution in [0.15, 0.2) is 47.3 Å². The Hall–Kier alpha value is -1.61. The van der Waals surface area contributed by atoms with Crippen LogP contribution in [0.25, 0.3) is 0 Å². The summed E-state index contributed by atoms with van der Waals surface area (Å²) in [7, 11) is -0.446. The minimum absolute atomic E-state index is 0.405. The van der Waals surface area contributed by atoms with Gasteiger partial charge in [-0.05, 0) is 23.8 Å². The van der Waals surface area contributed by atoms with Crippen molar-refractivity contribution in [3.8, 4) is 0 Å². The largest absolute Gasteiger partial charge is 0.467 e. The van der Waals surface area contributed by atoms with Crippen molar-refractivity contribution in [2.24, 2.45) is 5.73 Å². The van der Waals surface area contributed by atoms with E-state index in [1.54, 1.807) is 0 Å². The monoisotopic (exact) mass is 303 g/mol. The molecule has 1 aromatic carbocycles. The molecule has 4 heteroatoms. The van der Waals surface area contributed by atoms with Gasteiger partial charge in [0, 0.05) is 6.42 Å². The van der Waals surface area contributed by atoms with Gasteiger partial charge in [-0.1, -0.05) is 50.0 Å². The number of ether oxygens (including phenoxy) is 1. The summed E-state index contributed by atoms with van der Waals surface area (Å²) < 4.78 is 4.99. The molecular weight excluding hydrogens is 278 g/mol. The molecule has 0 amide bonds. The maximum atomic E-state index is 12.4. The fraction of sp³-hybridized carbons (Fsp3) is 0.412. The molecule has 0 radical (unpaired) electrons. The number of rotatable bonds is 5. The maximum Gasteiger partial charge on any atom is 0.330 e. The summed E-state index contributed by atoms with van der Waals surface area (Å²) in [5, 5.41) is 0.883. The highest BCUT2D eigenvalue weighted by molar-refractivity contribution is 6.83. The van der Waals surface area contributed by atoms with E-state index in [9.17, 15) is 4.79 Å². The van der Waals surface area contributed by atoms with Crippen LogP contribution in [0.3, 0.4) is 0 Å². The molecule has 0 spiro atoms. The summed E-state index contributed by atoms with van der Waals surface area (Å²) >= 11 is 0. The summed E-state index contributed by atoms with van der Waals surface area (Å²) in [6.07, 6.45) is 2.24. The number of methoxy groups -OCH3 is 1. The fourth-order valence-corrected chi connectivity index (χ4v) is 4.63. The molecule has 0 bridgehead atoms. The number of carbonyl (C=O) groups excluding carboxylic acids is 1. The van der Waals surface area contributed by atoms with Crippen molar-refractivity contribution in [1.29, 1.82) is 0 Å². The van der Waals surface area contributed by atoms with Crippen LogP contribution in [0.5, 0.6) is 0 Å². The van der Waals surface area contributed by atoms with Gasteiger partial charge in [-0.2, -0.15) is 0 Å². The van der Waals surface area contributed by atoms with E-state index < -0.39 is 19.6 Å². The molecule has 1 atom stereocenters. The summed E-state index contributed by atoms with van der Waals surface area (Å²) in [6.45, 7) is 8.37. The Balaban J connectivity index is 3.40. The molecule has 0 saturated heterocycles. The molecule has 0 aliphatic carbocycles. The van der Waals surface area contributed by atoms with E-state index in [-0.39, 0.29) is 0 Å². The average molecular weight is 303 g/mol. The van der Waals surface area contributed by atoms with Gasteiger partial charge in [0.05, 0.1) is 15.2 Å². The van der Waals surface area contributed by atoms with Crippen LogP contribution in [0.1, 0.15) is 12.5 Å². The molecule has 114 valence electrons. The number of benzene rings is 1. The first-order valence-corrected chi connectivity index (χ1v) is 10.6. The van der Waals surface area contributed by atoms with E-state index in [4.69, 9.17) is 10.5 Å². The molecule has 2 N–H and O–H groups in total. The van der Waals surface area contributed by atoms with Crippen molar-refractivity contribution < 1.29 is 9.53 Å². The van der Waals surface area contributed by atoms with Crippen LogP contribution in [-0.2, 0) is 16.0 Å². The zero-order chi connectivity index (χ0) is 16.1. The number of esters is 1. The van der Waals surface area contributed by atoms with Gasteiger partial charge in [0.1, 0.15) is 5.54 Å². The molecule has 0 aliphatic heterocycles. The van der Waals surface area contributed by atoms with Crippen molar-refractivity contribution in [3.63, 3.8) is 0 Å². The van der Waals surface area contributed by atoms with Crippen molar-refractivity contribution in [2.75, 3.05) is 7.11 Å². The number of hydrogen-bond acceptors (Lipinski definition) is 3. The zero-order valence-electron chi connectivity index (χ0n) is 13.6. The van der Waals surface area contributed by atoms with Gasteiger partial charge in [-0.3, -0.25) is 0 Å². The third-order valence-corrected chi connectivity index (χ3v) is 5.45. The molecule has 3 nitrogen and oxygen atoms in total. The SMILES string of the molecule is CC=C=C([C@](N)(Cc1ccccc1)C(=O)OC)[Si](C)(C)C. The van der Waals surface area contributed by atoms with Gasteiger partial charge in [0.15, 0.2) is 0 Å². The maximum absolute atomic E-state index is 12.4. The van der Waals surface area contributed by atoms with Crippen LogP contribution < -0.4 is 5.73 Å². The highest BCUT2D eigenvalue weighted by Crippen LogP contribution is 2.28. The van der Waals surface area contributed by atoms with Crippen LogP contribution >= 0.6 is 0 Å². The lowest BCUT2D eigenvalue weighted by atomic mass is 9.91. The van der Waals surface area contributed by atoms with Gasteiger partial charge in [0.2, 0.25) is 0 Å². The predicted octanol–water partition coefficient (Wildman–Crippen LogP) is 3.08. The minimum Gasteiger partial charge on any atom is -0.467 e. The van der Waals surface area contributed by atoms with E-state index >= 15 is 0 Å². The van der Waals surface area contributed by atoms with Crippen LogP contribution in [0.4, 0.5) is 0 Å². The Kier molecular flexibility index (Phi) is 5.73. The second-order valence-corrected chi connectivity index (χ2v) is 11.2. The number of carbonyl (C=O) groups is 1. The van der Waals surface area contributed by atoms with E-state index in [1.807, 2.05) is 43.3 Å². The van der Waals surface area contributed by atoms with Crippen LogP contribution in [0, 0.1) is 0 Å². The van der Waals surface area contributed by atoms with Crippen molar-refractivity contribution in [2.45, 2.75) is 38.5 Å². The van der Waals surface area contributed by atoms with Crippen molar-refractivity contribution >= 4 is 14.0 Å². The Labute approximate surface area is 128 Å². The van der Waals surface area contributed by atoms with Crippen LogP contribution in [-0.4, -0.2) is 26.7 Å². The normalized spacial score (nSPS) is 13.8. The molecule has 1 rings (SSSR count). The molecule has 0 fully saturated rings. The quantitative estimate of drug-likeness (QED) is 0.517. The highest BCUT2D eigenvalue weighted by atomic mass is 28.3. The van der Waals surface area contributed by atoms with E-state index in [0.717, 1.165) is 10.8 Å². The number of nitrogens with two attached hydrogens (primary N) is 1. The predicted molar refractivity (Wildman–Crippen MR) is 89.7 cm³/mol. The minimum atomic E-state index is -1.83. The third-order valence-electron chi connectivity index (χ3n) is 3.36. The first-order chi connectivity index (χ1) is 9.75. The molecule has 0 aromatic heterocycles. The second-order valence-electron chi connectivity index (χ2n) is 6.18. The average Bonchev–Trinajstić information content (AvgIpc) is 2.43. The molecule has 0 aliphatic rings. The van der Waals surface area contributed by atoms with Gasteiger partial charge >= 0.3 is 5.97 Å². The summed E-state index contributed by atoms with van der Waals surface area (Å²) in [6, 6.07) is 9.78. The highest BCUT2D eigenvalue weighted by Gasteiger charge is 2.44. The van der Waals surface area contributed by atoms with Gasteiger partial charge in [-0.25, -0.2) is 4.79 Å². The van der Waals surface area contributed by atoms with Crippen molar-refractivity contribution in [1.82, 2.24) is 0 Å². The van der Waals surface area contributed by atoms with Crippen LogP contribution in [0.2, 0.25) is 19.6 Å². The Bertz CT molecular complexity index is 554. The first kappa shape index (κ1) is 17.4. The molecule has 0 unspecified atom stereocenters. The number of hydrogen-bond donors (Lipinski definition) is 1. The zero-order valence-corrected chi connectivity index (χ0v) is 14.6. The lowest BCUT2D eigenvalue weighted by Crippen LogP contribution is -2.57. The molecular formula is C17H25NO2Si. The lowest BCUT2D eigenvalue weighted by molar-refractivity contribution is -0.145. The Morgan fingerprint density at radius 1 is 1.33 bits per heavy atom. The van der Waals surface area contributed by atoms with Gasteiger partial charge < -0.3 is 10.5 Å². The Morgan fingerprint density at radius 3 is 2.33 bits per heavy atom. The smallest absolute Gasteiger partial charge is 0.330 e. The Morgan fingerprint density at radius 2 is 1.90 bits per heavy atom. The standard InChI is InChI=1S/C17H25NO2Si/c1-6-10-15(21(3,4)5)17(18,16(19)20-2)13-14-11-8-7-9-12-14/h6-9,11-12H,13,18H2,1-5H3/t10?,17-/m1/s1. The lowest BCUT2D eigenvalue weighted by Gasteiger charge is -2.34. The third kappa shape index (κ3) is 4.18. The molecule has 1 aromatic rings. The fourth-order valence-electron chi connectivity index (χ4n) is 2.52. The van der Waals surface area contributed by atoms with E-state index in [2.05, 4.69) is 25.4 Å². The first-order valence-electron chi connectivity index (χ1n) is 7.09. The summed E-state index contributed by atoms with van der Waals surface area (Å²) in [5.41, 5.74) is 9.62. The molecule has 0 heterocycles. The second kappa shape index (κ2) is 6.90. The van der Waals surface area contributed by atoms with E-state index in [1.165, 1.54) is 7.11 Å². The van der Waals surface area contributed by atoms with E-state index in [0.29, 0.717) is 6.42 Å². The molecule has 0 saturated carbocycles. The molecule has 21 heavy (non-hydrogen) atoms. The van der Waals surface area contributed by atoms with Crippen molar-refractivity contribution in [3.05, 3.63) is 52.9 Å². The summed E-state index contributed by atoms with van der Waals surface area (Å²) in [5.74, 6) is -0.405. The van der Waals surface area contributed by atoms with Gasteiger partial charge in [0.25, 0.3) is 0 Å². The van der Waals surface area contributed by atoms with Gasteiger partial charge in [-0.15, -0.1) is 5.73 Å². The summed E-state index contributed by atoms with van der Waals surface area (Å²) in [4.78, 5) is 12.4.